The van der Waals surface area contributed by atoms with Gasteiger partial charge in [-0.1, -0.05) is 29.8 Å². The molecule has 1 amide bonds. The lowest BCUT2D eigenvalue weighted by molar-refractivity contribution is -0.131. The van der Waals surface area contributed by atoms with E-state index in [2.05, 4.69) is 37.3 Å². The number of carbonyl (C=O) groups excluding carboxylic acids is 1. The summed E-state index contributed by atoms with van der Waals surface area (Å²) in [6, 6.07) is 10.4. The van der Waals surface area contributed by atoms with E-state index in [-0.39, 0.29) is 11.8 Å². The van der Waals surface area contributed by atoms with Gasteiger partial charge in [0.25, 0.3) is 0 Å². The molecule has 0 aromatic heterocycles. The van der Waals surface area contributed by atoms with Crippen LogP contribution in [0.5, 0.6) is 0 Å². The Morgan fingerprint density at radius 3 is 2.53 bits per heavy atom. The van der Waals surface area contributed by atoms with Gasteiger partial charge in [-0.2, -0.15) is 5.26 Å². The fourth-order valence-corrected chi connectivity index (χ4v) is 1.94. The normalized spacial score (nSPS) is 11.7. The van der Waals surface area contributed by atoms with Crippen LogP contribution >= 0.6 is 0 Å². The number of nitrogens with zero attached hydrogens (tertiary/aromatic N) is 2. The van der Waals surface area contributed by atoms with E-state index in [9.17, 15) is 4.79 Å². The third-order valence-corrected chi connectivity index (χ3v) is 3.20. The van der Waals surface area contributed by atoms with Gasteiger partial charge >= 0.3 is 0 Å². The second-order valence-corrected chi connectivity index (χ2v) is 4.95. The van der Waals surface area contributed by atoms with E-state index in [0.717, 1.165) is 6.42 Å². The maximum Gasteiger partial charge on any atom is 0.222 e. The van der Waals surface area contributed by atoms with Gasteiger partial charge in [0.05, 0.1) is 12.0 Å². The molecule has 1 rings (SSSR count). The third kappa shape index (κ3) is 5.13. The van der Waals surface area contributed by atoms with E-state index in [0.29, 0.717) is 19.5 Å². The average Bonchev–Trinajstić information content (AvgIpc) is 2.43. The highest BCUT2D eigenvalue weighted by Gasteiger charge is 2.14. The second kappa shape index (κ2) is 7.58. The fourth-order valence-electron chi connectivity index (χ4n) is 1.94. The number of amides is 1. The maximum atomic E-state index is 12.1. The molecule has 0 N–H and O–H groups in total. The minimum absolute atomic E-state index is 0.108. The molecule has 1 unspecified atom stereocenters. The molecule has 0 saturated heterocycles. The Morgan fingerprint density at radius 1 is 1.37 bits per heavy atom. The number of nitriles is 1. The zero-order valence-electron chi connectivity index (χ0n) is 12.0. The number of aryl methyl sites for hydroxylation is 2. The summed E-state index contributed by atoms with van der Waals surface area (Å²) in [5, 5.41) is 8.81. The lowest BCUT2D eigenvalue weighted by Gasteiger charge is -2.22. The number of benzene rings is 1. The molecular weight excluding hydrogens is 236 g/mol. The van der Waals surface area contributed by atoms with Gasteiger partial charge in [-0.3, -0.25) is 4.79 Å². The predicted molar refractivity (Wildman–Crippen MR) is 76.5 cm³/mol. The minimum Gasteiger partial charge on any atom is -0.342 e. The molecule has 3 nitrogen and oxygen atoms in total. The Morgan fingerprint density at radius 2 is 2.00 bits per heavy atom. The van der Waals surface area contributed by atoms with Crippen LogP contribution in [0.2, 0.25) is 0 Å². The predicted octanol–water partition coefficient (Wildman–Crippen LogP) is 2.94. The van der Waals surface area contributed by atoms with Crippen LogP contribution in [-0.2, 0) is 11.2 Å². The van der Waals surface area contributed by atoms with Gasteiger partial charge in [0.15, 0.2) is 0 Å². The lowest BCUT2D eigenvalue weighted by atomic mass is 10.1. The molecule has 0 spiro atoms. The maximum absolute atomic E-state index is 12.1. The Hall–Kier alpha value is -1.82. The number of carbonyl (C=O) groups is 1. The highest BCUT2D eigenvalue weighted by atomic mass is 16.2. The first-order valence-electron chi connectivity index (χ1n) is 6.79. The van der Waals surface area contributed by atoms with Gasteiger partial charge in [-0.05, 0) is 32.8 Å². The molecule has 0 aliphatic carbocycles. The Kier molecular flexibility index (Phi) is 6.08. The molecule has 1 aromatic rings. The summed E-state index contributed by atoms with van der Waals surface area (Å²) in [5.41, 5.74) is 2.41. The van der Waals surface area contributed by atoms with E-state index in [1.807, 2.05) is 13.8 Å². The Bertz CT molecular complexity index is 445. The fraction of sp³-hybridized carbons (Fsp3) is 0.500. The molecule has 0 aliphatic heterocycles. The van der Waals surface area contributed by atoms with E-state index in [1.54, 1.807) is 4.90 Å². The molecule has 0 heterocycles. The summed E-state index contributed by atoms with van der Waals surface area (Å²) in [4.78, 5) is 13.8. The van der Waals surface area contributed by atoms with Gasteiger partial charge in [-0.15, -0.1) is 0 Å². The van der Waals surface area contributed by atoms with Gasteiger partial charge < -0.3 is 4.90 Å². The van der Waals surface area contributed by atoms with Crippen molar-refractivity contribution in [2.75, 3.05) is 13.1 Å². The standard InChI is InChI=1S/C16H22N2O/c1-4-18(12-14(3)11-17)16(19)10-9-15-7-5-13(2)6-8-15/h5-8,14H,4,9-10,12H2,1-3H3. The van der Waals surface area contributed by atoms with Crippen LogP contribution in [0.4, 0.5) is 0 Å². The largest absolute Gasteiger partial charge is 0.342 e. The lowest BCUT2D eigenvalue weighted by Crippen LogP contribution is -2.34. The minimum atomic E-state index is -0.108. The molecule has 0 fully saturated rings. The SMILES string of the molecule is CCN(CC(C)C#N)C(=O)CCc1ccc(C)cc1. The van der Waals surface area contributed by atoms with Crippen molar-refractivity contribution in [1.82, 2.24) is 4.90 Å². The molecule has 102 valence electrons. The van der Waals surface area contributed by atoms with Gasteiger partial charge in [-0.25, -0.2) is 0 Å². The van der Waals surface area contributed by atoms with Crippen molar-refractivity contribution in [2.24, 2.45) is 5.92 Å². The molecule has 0 bridgehead atoms. The summed E-state index contributed by atoms with van der Waals surface area (Å²) in [5.74, 6) is 0.0217. The first-order valence-corrected chi connectivity index (χ1v) is 6.79. The van der Waals surface area contributed by atoms with Crippen molar-refractivity contribution in [3.8, 4) is 6.07 Å². The van der Waals surface area contributed by atoms with E-state index >= 15 is 0 Å². The van der Waals surface area contributed by atoms with Gasteiger partial charge in [0, 0.05) is 19.5 Å². The molecule has 0 saturated carbocycles. The van der Waals surface area contributed by atoms with E-state index in [4.69, 9.17) is 5.26 Å². The summed E-state index contributed by atoms with van der Waals surface area (Å²) in [7, 11) is 0. The molecule has 3 heteroatoms. The second-order valence-electron chi connectivity index (χ2n) is 4.95. The molecule has 1 atom stereocenters. The van der Waals surface area contributed by atoms with Crippen LogP contribution in [0, 0.1) is 24.2 Å². The average molecular weight is 258 g/mol. The van der Waals surface area contributed by atoms with E-state index in [1.165, 1.54) is 11.1 Å². The van der Waals surface area contributed by atoms with Crippen LogP contribution in [0.25, 0.3) is 0 Å². The van der Waals surface area contributed by atoms with Crippen LogP contribution in [0.15, 0.2) is 24.3 Å². The molecule has 1 aromatic carbocycles. The summed E-state index contributed by atoms with van der Waals surface area (Å²) in [6.07, 6.45) is 1.27. The van der Waals surface area contributed by atoms with Crippen molar-refractivity contribution < 1.29 is 4.79 Å². The van der Waals surface area contributed by atoms with Crippen LogP contribution in [-0.4, -0.2) is 23.9 Å². The molecule has 0 aliphatic rings. The Balaban J connectivity index is 2.49. The Labute approximate surface area is 115 Å². The zero-order chi connectivity index (χ0) is 14.3. The smallest absolute Gasteiger partial charge is 0.222 e. The highest BCUT2D eigenvalue weighted by molar-refractivity contribution is 5.76. The van der Waals surface area contributed by atoms with Crippen molar-refractivity contribution in [3.63, 3.8) is 0 Å². The first kappa shape index (κ1) is 15.2. The number of rotatable bonds is 6. The van der Waals surface area contributed by atoms with Crippen LogP contribution in [0.1, 0.15) is 31.4 Å². The quantitative estimate of drug-likeness (QED) is 0.787. The van der Waals surface area contributed by atoms with E-state index < -0.39 is 0 Å². The zero-order valence-corrected chi connectivity index (χ0v) is 12.0. The van der Waals surface area contributed by atoms with Crippen molar-refractivity contribution in [2.45, 2.75) is 33.6 Å². The first-order chi connectivity index (χ1) is 9.06. The number of hydrogen-bond donors (Lipinski definition) is 0. The molecular formula is C16H22N2O. The number of hydrogen-bond acceptors (Lipinski definition) is 2. The summed E-state index contributed by atoms with van der Waals surface area (Å²) >= 11 is 0. The summed E-state index contributed by atoms with van der Waals surface area (Å²) in [6.45, 7) is 7.04. The van der Waals surface area contributed by atoms with Crippen molar-refractivity contribution >= 4 is 5.91 Å². The van der Waals surface area contributed by atoms with Crippen LogP contribution < -0.4 is 0 Å². The molecule has 19 heavy (non-hydrogen) atoms. The van der Waals surface area contributed by atoms with Crippen LogP contribution in [0.3, 0.4) is 0 Å². The topological polar surface area (TPSA) is 44.1 Å². The van der Waals surface area contributed by atoms with Crippen molar-refractivity contribution in [3.05, 3.63) is 35.4 Å². The van der Waals surface area contributed by atoms with Gasteiger partial charge in [0.1, 0.15) is 0 Å². The monoisotopic (exact) mass is 258 g/mol. The van der Waals surface area contributed by atoms with Crippen molar-refractivity contribution in [1.29, 1.82) is 5.26 Å². The summed E-state index contributed by atoms with van der Waals surface area (Å²) < 4.78 is 0. The highest BCUT2D eigenvalue weighted by Crippen LogP contribution is 2.08. The van der Waals surface area contributed by atoms with Gasteiger partial charge in [0.2, 0.25) is 5.91 Å². The molecule has 0 radical (unpaired) electrons. The third-order valence-electron chi connectivity index (χ3n) is 3.20.